The summed E-state index contributed by atoms with van der Waals surface area (Å²) in [6.07, 6.45) is 8.67. The summed E-state index contributed by atoms with van der Waals surface area (Å²) in [6.45, 7) is 0.860. The van der Waals surface area contributed by atoms with Gasteiger partial charge in [0.2, 0.25) is 0 Å². The van der Waals surface area contributed by atoms with Crippen molar-refractivity contribution in [3.05, 3.63) is 24.0 Å². The Morgan fingerprint density at radius 3 is 3.21 bits per heavy atom. The summed E-state index contributed by atoms with van der Waals surface area (Å²) in [7, 11) is 0. The third kappa shape index (κ3) is 1.09. The van der Waals surface area contributed by atoms with E-state index in [-0.39, 0.29) is 0 Å². The molecule has 2 nitrogen and oxygen atoms in total. The molecule has 0 N–H and O–H groups in total. The number of nitriles is 1. The Balaban J connectivity index is 1.79. The first-order chi connectivity index (χ1) is 6.90. The quantitative estimate of drug-likeness (QED) is 0.630. The van der Waals surface area contributed by atoms with Crippen molar-refractivity contribution >= 4 is 0 Å². The molecular formula is C12H13NO. The predicted molar refractivity (Wildman–Crippen MR) is 52.0 cm³/mol. The molecule has 2 fully saturated rings. The van der Waals surface area contributed by atoms with E-state index in [1.54, 1.807) is 0 Å². The van der Waals surface area contributed by atoms with Gasteiger partial charge in [0.05, 0.1) is 24.4 Å². The predicted octanol–water partition coefficient (Wildman–Crippen LogP) is 2.25. The second kappa shape index (κ2) is 2.88. The Morgan fingerprint density at radius 2 is 2.43 bits per heavy atom. The van der Waals surface area contributed by atoms with Gasteiger partial charge in [0.1, 0.15) is 0 Å². The number of allylic oxidation sites excluding steroid dienone is 4. The average Bonchev–Trinajstić information content (AvgIpc) is 2.85. The summed E-state index contributed by atoms with van der Waals surface area (Å²) < 4.78 is 5.56. The van der Waals surface area contributed by atoms with Gasteiger partial charge in [-0.25, -0.2) is 0 Å². The zero-order valence-corrected chi connectivity index (χ0v) is 8.02. The lowest BCUT2D eigenvalue weighted by atomic mass is 9.82. The highest BCUT2D eigenvalue weighted by atomic mass is 16.5. The molecule has 14 heavy (non-hydrogen) atoms. The van der Waals surface area contributed by atoms with E-state index in [0.29, 0.717) is 23.7 Å². The van der Waals surface area contributed by atoms with Crippen LogP contribution in [0.15, 0.2) is 24.0 Å². The first-order valence-electron chi connectivity index (χ1n) is 5.31. The van der Waals surface area contributed by atoms with E-state index < -0.39 is 0 Å². The van der Waals surface area contributed by atoms with Crippen LogP contribution < -0.4 is 0 Å². The minimum atomic E-state index is 0.310. The lowest BCUT2D eigenvalue weighted by Gasteiger charge is -2.22. The van der Waals surface area contributed by atoms with Gasteiger partial charge in [0.25, 0.3) is 0 Å². The van der Waals surface area contributed by atoms with Crippen LogP contribution in [0.2, 0.25) is 0 Å². The molecule has 1 saturated carbocycles. The summed E-state index contributed by atoms with van der Waals surface area (Å²) in [4.78, 5) is 0. The van der Waals surface area contributed by atoms with E-state index in [1.807, 2.05) is 0 Å². The van der Waals surface area contributed by atoms with E-state index >= 15 is 0 Å². The highest BCUT2D eigenvalue weighted by Crippen LogP contribution is 2.51. The Labute approximate surface area is 83.9 Å². The number of hydrogen-bond acceptors (Lipinski definition) is 2. The van der Waals surface area contributed by atoms with Crippen molar-refractivity contribution in [1.29, 1.82) is 5.26 Å². The third-order valence-corrected chi connectivity index (χ3v) is 3.62. The molecule has 0 radical (unpaired) electrons. The average molecular weight is 187 g/mol. The fraction of sp³-hybridized carbons (Fsp3) is 0.583. The number of nitrogens with zero attached hydrogens (tertiary/aromatic N) is 1. The highest BCUT2D eigenvalue weighted by molar-refractivity contribution is 5.24. The SMILES string of the molecule is N#CC1C[C@H]1C1C=CC=C2OCCC21. The molecule has 0 bridgehead atoms. The molecule has 0 spiro atoms. The van der Waals surface area contributed by atoms with Crippen molar-refractivity contribution in [2.75, 3.05) is 6.61 Å². The molecule has 72 valence electrons. The van der Waals surface area contributed by atoms with Gasteiger partial charge >= 0.3 is 0 Å². The second-order valence-electron chi connectivity index (χ2n) is 4.41. The molecule has 3 rings (SSSR count). The molecule has 2 aliphatic carbocycles. The van der Waals surface area contributed by atoms with Gasteiger partial charge in [0, 0.05) is 5.92 Å². The van der Waals surface area contributed by atoms with Gasteiger partial charge in [-0.15, -0.1) is 0 Å². The van der Waals surface area contributed by atoms with Gasteiger partial charge in [-0.05, 0) is 30.8 Å². The monoisotopic (exact) mass is 187 g/mol. The molecular weight excluding hydrogens is 174 g/mol. The zero-order chi connectivity index (χ0) is 9.54. The Kier molecular flexibility index (Phi) is 1.67. The Morgan fingerprint density at radius 1 is 1.50 bits per heavy atom. The molecule has 1 aliphatic heterocycles. The summed E-state index contributed by atoms with van der Waals surface area (Å²) in [5.74, 6) is 3.21. The van der Waals surface area contributed by atoms with E-state index in [4.69, 9.17) is 10.00 Å². The van der Waals surface area contributed by atoms with Crippen molar-refractivity contribution < 1.29 is 4.74 Å². The molecule has 2 heteroatoms. The van der Waals surface area contributed by atoms with Crippen LogP contribution in [-0.4, -0.2) is 6.61 Å². The van der Waals surface area contributed by atoms with Crippen LogP contribution in [0.4, 0.5) is 0 Å². The first kappa shape index (κ1) is 8.11. The van der Waals surface area contributed by atoms with E-state index in [2.05, 4.69) is 24.3 Å². The van der Waals surface area contributed by atoms with E-state index in [1.165, 1.54) is 0 Å². The fourth-order valence-electron chi connectivity index (χ4n) is 2.75. The number of rotatable bonds is 1. The van der Waals surface area contributed by atoms with Crippen molar-refractivity contribution in [2.45, 2.75) is 12.8 Å². The molecule has 0 amide bonds. The maximum absolute atomic E-state index is 8.83. The zero-order valence-electron chi connectivity index (χ0n) is 8.02. The second-order valence-corrected chi connectivity index (χ2v) is 4.41. The summed E-state index contributed by atoms with van der Waals surface area (Å²) in [5.41, 5.74) is 0. The molecule has 4 atom stereocenters. The molecule has 0 aromatic rings. The van der Waals surface area contributed by atoms with Crippen LogP contribution in [-0.2, 0) is 4.74 Å². The molecule has 1 saturated heterocycles. The van der Waals surface area contributed by atoms with Gasteiger partial charge in [-0.2, -0.15) is 5.26 Å². The van der Waals surface area contributed by atoms with Gasteiger partial charge in [0.15, 0.2) is 0 Å². The van der Waals surface area contributed by atoms with Crippen molar-refractivity contribution in [3.63, 3.8) is 0 Å². The Hall–Kier alpha value is -1.23. The first-order valence-corrected chi connectivity index (χ1v) is 5.31. The van der Waals surface area contributed by atoms with Crippen LogP contribution in [0.5, 0.6) is 0 Å². The van der Waals surface area contributed by atoms with Crippen LogP contribution in [0.25, 0.3) is 0 Å². The van der Waals surface area contributed by atoms with Crippen molar-refractivity contribution in [2.24, 2.45) is 23.7 Å². The molecule has 1 heterocycles. The molecule has 3 aliphatic rings. The number of ether oxygens (including phenoxy) is 1. The van der Waals surface area contributed by atoms with Gasteiger partial charge < -0.3 is 4.74 Å². The summed E-state index contributed by atoms with van der Waals surface area (Å²) in [5, 5.41) is 8.83. The minimum absolute atomic E-state index is 0.310. The largest absolute Gasteiger partial charge is 0.498 e. The molecule has 0 aromatic carbocycles. The van der Waals surface area contributed by atoms with Crippen LogP contribution in [0.1, 0.15) is 12.8 Å². The van der Waals surface area contributed by atoms with E-state index in [9.17, 15) is 0 Å². The van der Waals surface area contributed by atoms with Gasteiger partial charge in [-0.3, -0.25) is 0 Å². The van der Waals surface area contributed by atoms with Crippen molar-refractivity contribution in [1.82, 2.24) is 0 Å². The maximum atomic E-state index is 8.83. The van der Waals surface area contributed by atoms with Crippen LogP contribution in [0.3, 0.4) is 0 Å². The van der Waals surface area contributed by atoms with Gasteiger partial charge in [-0.1, -0.05) is 12.2 Å². The van der Waals surface area contributed by atoms with E-state index in [0.717, 1.165) is 25.2 Å². The highest BCUT2D eigenvalue weighted by Gasteiger charge is 2.47. The Bertz CT molecular complexity index is 350. The summed E-state index contributed by atoms with van der Waals surface area (Å²) in [6, 6.07) is 2.37. The number of hydrogen-bond donors (Lipinski definition) is 0. The topological polar surface area (TPSA) is 33.0 Å². The molecule has 0 aromatic heterocycles. The maximum Gasteiger partial charge on any atom is 0.0997 e. The number of fused-ring (bicyclic) bond motifs is 1. The molecule has 3 unspecified atom stereocenters. The standard InChI is InChI=1S/C12H13NO/c13-7-8-6-11(8)9-2-1-3-12-10(9)4-5-14-12/h1-3,8-11H,4-6H2/t8?,9?,10?,11-/m1/s1. The summed E-state index contributed by atoms with van der Waals surface area (Å²) >= 11 is 0. The third-order valence-electron chi connectivity index (χ3n) is 3.62. The lowest BCUT2D eigenvalue weighted by Crippen LogP contribution is -2.16. The fourth-order valence-corrected chi connectivity index (χ4v) is 2.75. The minimum Gasteiger partial charge on any atom is -0.498 e. The normalized spacial score (nSPS) is 43.5. The van der Waals surface area contributed by atoms with Crippen LogP contribution in [0, 0.1) is 35.0 Å². The van der Waals surface area contributed by atoms with Crippen molar-refractivity contribution in [3.8, 4) is 6.07 Å². The smallest absolute Gasteiger partial charge is 0.0997 e. The van der Waals surface area contributed by atoms with Crippen LogP contribution >= 0.6 is 0 Å². The lowest BCUT2D eigenvalue weighted by molar-refractivity contribution is 0.250.